The molecule has 0 aromatic carbocycles. The van der Waals surface area contributed by atoms with Gasteiger partial charge in [0.05, 0.1) is 43.2 Å². The summed E-state index contributed by atoms with van der Waals surface area (Å²) < 4.78 is 12.4. The van der Waals surface area contributed by atoms with Gasteiger partial charge in [0.15, 0.2) is 6.29 Å². The number of carbonyl (C=O) groups is 2. The number of aldehydes is 1. The second-order valence-electron chi connectivity index (χ2n) is 5.77. The first kappa shape index (κ1) is 19.0. The number of rotatable bonds is 9. The number of ether oxygens (including phenoxy) is 2. The van der Waals surface area contributed by atoms with Crippen molar-refractivity contribution in [2.45, 2.75) is 19.6 Å². The Hall–Kier alpha value is -3.75. The Morgan fingerprint density at radius 3 is 2.89 bits per heavy atom. The Bertz CT molecular complexity index is 986. The minimum absolute atomic E-state index is 0.0481. The first-order valence-electron chi connectivity index (χ1n) is 8.42. The van der Waals surface area contributed by atoms with E-state index in [-0.39, 0.29) is 19.6 Å². The van der Waals surface area contributed by atoms with Crippen LogP contribution in [0.1, 0.15) is 22.3 Å². The predicted octanol–water partition coefficient (Wildman–Crippen LogP) is 2.21. The van der Waals surface area contributed by atoms with Crippen molar-refractivity contribution in [2.24, 2.45) is 0 Å². The van der Waals surface area contributed by atoms with Crippen LogP contribution >= 0.6 is 0 Å². The van der Waals surface area contributed by atoms with E-state index in [1.807, 2.05) is 6.07 Å². The highest BCUT2D eigenvalue weighted by Crippen LogP contribution is 2.25. The number of carboxylic acid groups (broad SMARTS) is 1. The molecule has 9 nitrogen and oxygen atoms in total. The second kappa shape index (κ2) is 8.76. The molecular formula is C19H18N4O5. The standard InChI is InChI=1S/C19H18N4O5/c1-27-17-9-14(11-24)16(10-21-17)28-12-13-3-2-6-20-19(13)15-4-7-22-23(15)8-5-18(25)26/h2-4,6-7,9-11H,5,8,12H2,1H3,(H,25,26). The predicted molar refractivity (Wildman–Crippen MR) is 98.2 cm³/mol. The van der Waals surface area contributed by atoms with Crippen molar-refractivity contribution in [1.82, 2.24) is 19.7 Å². The molecule has 9 heteroatoms. The van der Waals surface area contributed by atoms with Crippen LogP contribution in [0.25, 0.3) is 11.4 Å². The van der Waals surface area contributed by atoms with Crippen LogP contribution in [0.4, 0.5) is 0 Å². The van der Waals surface area contributed by atoms with Crippen LogP contribution < -0.4 is 9.47 Å². The molecule has 1 N–H and O–H groups in total. The van der Waals surface area contributed by atoms with Gasteiger partial charge in [-0.1, -0.05) is 6.07 Å². The molecule has 0 radical (unpaired) electrons. The number of pyridine rings is 2. The number of carbonyl (C=O) groups excluding carboxylic acids is 1. The Balaban J connectivity index is 1.83. The number of hydrogen-bond donors (Lipinski definition) is 1. The third-order valence-electron chi connectivity index (χ3n) is 3.98. The molecule has 3 aromatic heterocycles. The van der Waals surface area contributed by atoms with Crippen molar-refractivity contribution in [3.8, 4) is 23.0 Å². The van der Waals surface area contributed by atoms with Crippen molar-refractivity contribution >= 4 is 12.3 Å². The van der Waals surface area contributed by atoms with Crippen LogP contribution in [0.2, 0.25) is 0 Å². The van der Waals surface area contributed by atoms with Crippen molar-refractivity contribution in [2.75, 3.05) is 7.11 Å². The molecule has 0 aliphatic heterocycles. The summed E-state index contributed by atoms with van der Waals surface area (Å²) in [7, 11) is 1.47. The average molecular weight is 382 g/mol. The van der Waals surface area contributed by atoms with Gasteiger partial charge in [-0.15, -0.1) is 0 Å². The van der Waals surface area contributed by atoms with E-state index in [0.29, 0.717) is 34.9 Å². The van der Waals surface area contributed by atoms with Crippen molar-refractivity contribution in [3.05, 3.63) is 54.0 Å². The van der Waals surface area contributed by atoms with Crippen LogP contribution in [-0.2, 0) is 17.9 Å². The summed E-state index contributed by atoms with van der Waals surface area (Å²) in [5.74, 6) is -0.261. The van der Waals surface area contributed by atoms with E-state index in [4.69, 9.17) is 14.6 Å². The van der Waals surface area contributed by atoms with Crippen LogP contribution in [-0.4, -0.2) is 44.2 Å². The number of hydrogen-bond acceptors (Lipinski definition) is 7. The molecule has 0 amide bonds. The maximum absolute atomic E-state index is 11.3. The molecule has 0 atom stereocenters. The van der Waals surface area contributed by atoms with Gasteiger partial charge in [0.2, 0.25) is 5.88 Å². The van der Waals surface area contributed by atoms with Crippen LogP contribution in [0.5, 0.6) is 11.6 Å². The summed E-state index contributed by atoms with van der Waals surface area (Å²) in [5, 5.41) is 13.1. The highest BCUT2D eigenvalue weighted by Gasteiger charge is 2.14. The first-order chi connectivity index (χ1) is 13.6. The smallest absolute Gasteiger partial charge is 0.305 e. The van der Waals surface area contributed by atoms with Gasteiger partial charge in [-0.25, -0.2) is 4.98 Å². The maximum Gasteiger partial charge on any atom is 0.305 e. The van der Waals surface area contributed by atoms with E-state index in [9.17, 15) is 9.59 Å². The highest BCUT2D eigenvalue weighted by atomic mass is 16.5. The zero-order valence-electron chi connectivity index (χ0n) is 15.1. The molecule has 0 bridgehead atoms. The van der Waals surface area contributed by atoms with E-state index in [1.165, 1.54) is 19.4 Å². The van der Waals surface area contributed by atoms with Crippen molar-refractivity contribution in [3.63, 3.8) is 0 Å². The quantitative estimate of drug-likeness (QED) is 0.560. The summed E-state index contributed by atoms with van der Waals surface area (Å²) in [6.45, 7) is 0.369. The van der Waals surface area contributed by atoms with E-state index in [0.717, 1.165) is 5.56 Å². The number of methoxy groups -OCH3 is 1. The number of aliphatic carboxylic acids is 1. The average Bonchev–Trinajstić information content (AvgIpc) is 3.19. The lowest BCUT2D eigenvalue weighted by Crippen LogP contribution is -2.09. The molecule has 28 heavy (non-hydrogen) atoms. The van der Waals surface area contributed by atoms with Gasteiger partial charge in [-0.05, 0) is 12.1 Å². The first-order valence-corrected chi connectivity index (χ1v) is 8.42. The molecule has 0 saturated heterocycles. The molecule has 0 aliphatic carbocycles. The Kier molecular flexibility index (Phi) is 5.95. The van der Waals surface area contributed by atoms with Gasteiger partial charge in [0.25, 0.3) is 0 Å². The van der Waals surface area contributed by atoms with Crippen LogP contribution in [0, 0.1) is 0 Å². The lowest BCUT2D eigenvalue weighted by Gasteiger charge is -2.13. The highest BCUT2D eigenvalue weighted by molar-refractivity contribution is 5.79. The number of carboxylic acids is 1. The summed E-state index contributed by atoms with van der Waals surface area (Å²) >= 11 is 0. The van der Waals surface area contributed by atoms with Gasteiger partial charge in [-0.3, -0.25) is 19.3 Å². The molecule has 0 spiro atoms. The van der Waals surface area contributed by atoms with E-state index in [1.54, 1.807) is 29.2 Å². The fraction of sp³-hybridized carbons (Fsp3) is 0.211. The Morgan fingerprint density at radius 1 is 1.29 bits per heavy atom. The van der Waals surface area contributed by atoms with Crippen molar-refractivity contribution in [1.29, 1.82) is 0 Å². The molecule has 144 valence electrons. The summed E-state index contributed by atoms with van der Waals surface area (Å²) in [6, 6.07) is 6.87. The third-order valence-corrected chi connectivity index (χ3v) is 3.98. The van der Waals surface area contributed by atoms with Gasteiger partial charge >= 0.3 is 5.97 Å². The van der Waals surface area contributed by atoms with Crippen molar-refractivity contribution < 1.29 is 24.2 Å². The molecule has 0 aliphatic rings. The Morgan fingerprint density at radius 2 is 2.14 bits per heavy atom. The fourth-order valence-electron chi connectivity index (χ4n) is 2.62. The Labute approximate surface area is 160 Å². The lowest BCUT2D eigenvalue weighted by molar-refractivity contribution is -0.137. The topological polar surface area (TPSA) is 116 Å². The molecule has 0 fully saturated rings. The van der Waals surface area contributed by atoms with Gasteiger partial charge < -0.3 is 14.6 Å². The lowest BCUT2D eigenvalue weighted by atomic mass is 10.1. The SMILES string of the molecule is COc1cc(C=O)c(OCc2cccnc2-c2ccnn2CCC(=O)O)cn1. The zero-order chi connectivity index (χ0) is 19.9. The third kappa shape index (κ3) is 4.32. The summed E-state index contributed by atoms with van der Waals surface area (Å²) in [4.78, 5) is 30.6. The largest absolute Gasteiger partial charge is 0.486 e. The molecule has 3 rings (SSSR count). The van der Waals surface area contributed by atoms with Gasteiger partial charge in [0.1, 0.15) is 12.4 Å². The molecule has 3 aromatic rings. The molecule has 3 heterocycles. The normalized spacial score (nSPS) is 10.5. The minimum Gasteiger partial charge on any atom is -0.486 e. The number of nitrogens with zero attached hydrogens (tertiary/aromatic N) is 4. The summed E-state index contributed by atoms with van der Waals surface area (Å²) in [6.07, 6.45) is 5.28. The molecular weight excluding hydrogens is 364 g/mol. The van der Waals surface area contributed by atoms with E-state index < -0.39 is 5.97 Å². The molecule has 0 saturated carbocycles. The van der Waals surface area contributed by atoms with E-state index >= 15 is 0 Å². The van der Waals surface area contributed by atoms with E-state index in [2.05, 4.69) is 15.1 Å². The maximum atomic E-state index is 11.3. The molecule has 0 unspecified atom stereocenters. The van der Waals surface area contributed by atoms with Gasteiger partial charge in [0, 0.05) is 24.0 Å². The van der Waals surface area contributed by atoms with Gasteiger partial charge in [-0.2, -0.15) is 5.10 Å². The van der Waals surface area contributed by atoms with Crippen LogP contribution in [0.15, 0.2) is 42.9 Å². The minimum atomic E-state index is -0.903. The summed E-state index contributed by atoms with van der Waals surface area (Å²) in [5.41, 5.74) is 2.39. The zero-order valence-corrected chi connectivity index (χ0v) is 15.1. The fourth-order valence-corrected chi connectivity index (χ4v) is 2.62. The number of aromatic nitrogens is 4. The number of aryl methyl sites for hydroxylation is 1. The monoisotopic (exact) mass is 382 g/mol. The second-order valence-corrected chi connectivity index (χ2v) is 5.77. The van der Waals surface area contributed by atoms with Crippen LogP contribution in [0.3, 0.4) is 0 Å².